The number of amides is 1. The van der Waals surface area contributed by atoms with Gasteiger partial charge in [-0.1, -0.05) is 0 Å². The molecule has 0 bridgehead atoms. The van der Waals surface area contributed by atoms with E-state index in [1.807, 2.05) is 7.05 Å². The molecule has 0 atom stereocenters. The van der Waals surface area contributed by atoms with E-state index < -0.39 is 9.84 Å². The van der Waals surface area contributed by atoms with Crippen molar-refractivity contribution in [3.05, 3.63) is 18.2 Å². The van der Waals surface area contributed by atoms with Gasteiger partial charge in [0.1, 0.15) is 0 Å². The quantitative estimate of drug-likeness (QED) is 0.745. The third kappa shape index (κ3) is 4.39. The first kappa shape index (κ1) is 18.5. The minimum atomic E-state index is -3.56. The van der Waals surface area contributed by atoms with Crippen LogP contribution in [-0.2, 0) is 14.6 Å². The first-order valence-corrected chi connectivity index (χ1v) is 9.43. The fourth-order valence-electron chi connectivity index (χ4n) is 2.56. The summed E-state index contributed by atoms with van der Waals surface area (Å²) >= 11 is 0. The van der Waals surface area contributed by atoms with Crippen LogP contribution in [0.3, 0.4) is 0 Å². The predicted octanol–water partition coefficient (Wildman–Crippen LogP) is 0.642. The molecule has 0 saturated carbocycles. The number of rotatable bonds is 6. The lowest BCUT2D eigenvalue weighted by Crippen LogP contribution is -2.47. The zero-order chi connectivity index (χ0) is 17.7. The second-order valence-electron chi connectivity index (χ2n) is 5.77. The largest absolute Gasteiger partial charge is 0.493 e. The number of carbonyl (C=O) groups is 1. The van der Waals surface area contributed by atoms with Gasteiger partial charge in [-0.3, -0.25) is 4.79 Å². The minimum Gasteiger partial charge on any atom is -0.493 e. The van der Waals surface area contributed by atoms with Crippen molar-refractivity contribution in [3.63, 3.8) is 0 Å². The molecule has 0 aromatic heterocycles. The summed E-state index contributed by atoms with van der Waals surface area (Å²) in [6.45, 7) is 2.92. The first-order chi connectivity index (χ1) is 11.4. The highest BCUT2D eigenvalue weighted by Crippen LogP contribution is 2.29. The third-order valence-corrected chi connectivity index (χ3v) is 5.87. The summed E-state index contributed by atoms with van der Waals surface area (Å²) in [4.78, 5) is 16.2. The highest BCUT2D eigenvalue weighted by molar-refractivity contribution is 7.91. The van der Waals surface area contributed by atoms with Gasteiger partial charge >= 0.3 is 0 Å². The molecule has 2 rings (SSSR count). The van der Waals surface area contributed by atoms with Crippen LogP contribution in [0.2, 0.25) is 0 Å². The Balaban J connectivity index is 2.02. The number of likely N-dealkylation sites (N-methyl/N-ethyl adjacent to an activating group) is 1. The molecule has 0 N–H and O–H groups in total. The van der Waals surface area contributed by atoms with Gasteiger partial charge in [-0.25, -0.2) is 8.42 Å². The molecule has 0 aliphatic carbocycles. The van der Waals surface area contributed by atoms with Crippen LogP contribution < -0.4 is 9.47 Å². The molecule has 1 aliphatic heterocycles. The second-order valence-corrected chi connectivity index (χ2v) is 7.88. The second kappa shape index (κ2) is 7.85. The van der Waals surface area contributed by atoms with Gasteiger partial charge in [0.05, 0.1) is 24.9 Å². The molecule has 0 unspecified atom stereocenters. The number of hydrogen-bond donors (Lipinski definition) is 0. The summed E-state index contributed by atoms with van der Waals surface area (Å²) in [6, 6.07) is 4.44. The predicted molar refractivity (Wildman–Crippen MR) is 90.3 cm³/mol. The summed E-state index contributed by atoms with van der Waals surface area (Å²) in [6.07, 6.45) is -0.0135. The molecule has 1 heterocycles. The topological polar surface area (TPSA) is 76.2 Å². The zero-order valence-corrected chi connectivity index (χ0v) is 15.1. The molecule has 134 valence electrons. The number of ether oxygens (including phenoxy) is 2. The van der Waals surface area contributed by atoms with Crippen molar-refractivity contribution in [3.8, 4) is 11.5 Å². The van der Waals surface area contributed by atoms with Crippen LogP contribution in [0.1, 0.15) is 6.42 Å². The smallest absolute Gasteiger partial charge is 0.223 e. The molecular weight excluding hydrogens is 332 g/mol. The lowest BCUT2D eigenvalue weighted by Gasteiger charge is -2.32. The zero-order valence-electron chi connectivity index (χ0n) is 14.3. The number of hydrogen-bond acceptors (Lipinski definition) is 6. The minimum absolute atomic E-state index is 0.0135. The van der Waals surface area contributed by atoms with E-state index in [1.54, 1.807) is 11.0 Å². The molecule has 0 spiro atoms. The maximum absolute atomic E-state index is 12.5. The molecule has 1 fully saturated rings. The third-order valence-electron chi connectivity index (χ3n) is 4.15. The Kier molecular flexibility index (Phi) is 6.06. The van der Waals surface area contributed by atoms with Crippen molar-refractivity contribution in [2.45, 2.75) is 11.3 Å². The Morgan fingerprint density at radius 2 is 1.71 bits per heavy atom. The monoisotopic (exact) mass is 356 g/mol. The van der Waals surface area contributed by atoms with Crippen LogP contribution in [0.25, 0.3) is 0 Å². The fraction of sp³-hybridized carbons (Fsp3) is 0.562. The van der Waals surface area contributed by atoms with E-state index in [1.165, 1.54) is 26.4 Å². The Morgan fingerprint density at radius 3 is 2.29 bits per heavy atom. The molecule has 7 nitrogen and oxygen atoms in total. The van der Waals surface area contributed by atoms with E-state index in [4.69, 9.17) is 9.47 Å². The van der Waals surface area contributed by atoms with Crippen molar-refractivity contribution >= 4 is 15.7 Å². The van der Waals surface area contributed by atoms with Gasteiger partial charge in [0.15, 0.2) is 21.3 Å². The number of piperazine rings is 1. The van der Waals surface area contributed by atoms with Gasteiger partial charge in [0.25, 0.3) is 0 Å². The Morgan fingerprint density at radius 1 is 1.08 bits per heavy atom. The standard InChI is InChI=1S/C16H24N2O5S/c1-17-7-9-18(10-8-17)16(19)6-11-24(20,21)13-4-5-14(22-2)15(12-13)23-3/h4-5,12H,6-11H2,1-3H3. The normalized spacial score (nSPS) is 16.0. The highest BCUT2D eigenvalue weighted by atomic mass is 32.2. The molecule has 0 radical (unpaired) electrons. The summed E-state index contributed by atoms with van der Waals surface area (Å²) in [7, 11) is 1.38. The summed E-state index contributed by atoms with van der Waals surface area (Å²) < 4.78 is 35.2. The number of benzene rings is 1. The van der Waals surface area contributed by atoms with E-state index in [2.05, 4.69) is 4.90 Å². The summed E-state index contributed by atoms with van der Waals surface area (Å²) in [5, 5.41) is 0. The Bertz CT molecular complexity index is 682. The lowest BCUT2D eigenvalue weighted by molar-refractivity contribution is -0.132. The van der Waals surface area contributed by atoms with E-state index in [0.29, 0.717) is 24.6 Å². The van der Waals surface area contributed by atoms with Crippen LogP contribution in [0.4, 0.5) is 0 Å². The number of carbonyl (C=O) groups excluding carboxylic acids is 1. The van der Waals surface area contributed by atoms with Gasteiger partial charge < -0.3 is 19.3 Å². The fourth-order valence-corrected chi connectivity index (χ4v) is 3.80. The molecule has 24 heavy (non-hydrogen) atoms. The summed E-state index contributed by atoms with van der Waals surface area (Å²) in [5.74, 6) is 0.481. The SMILES string of the molecule is COc1ccc(S(=O)(=O)CCC(=O)N2CCN(C)CC2)cc1OC. The molecule has 1 aromatic rings. The van der Waals surface area contributed by atoms with E-state index in [9.17, 15) is 13.2 Å². The van der Waals surface area contributed by atoms with E-state index in [0.717, 1.165) is 13.1 Å². The van der Waals surface area contributed by atoms with Crippen LogP contribution in [-0.4, -0.2) is 77.3 Å². The van der Waals surface area contributed by atoms with Crippen molar-refractivity contribution in [1.82, 2.24) is 9.80 Å². The molecule has 1 aliphatic rings. The maximum Gasteiger partial charge on any atom is 0.223 e. The van der Waals surface area contributed by atoms with E-state index >= 15 is 0 Å². The van der Waals surface area contributed by atoms with Crippen molar-refractivity contribution in [1.29, 1.82) is 0 Å². The van der Waals surface area contributed by atoms with Crippen molar-refractivity contribution in [2.75, 3.05) is 53.2 Å². The molecule has 1 amide bonds. The van der Waals surface area contributed by atoms with Crippen LogP contribution in [0.15, 0.2) is 23.1 Å². The van der Waals surface area contributed by atoms with Crippen LogP contribution in [0, 0.1) is 0 Å². The molecule has 1 saturated heterocycles. The van der Waals surface area contributed by atoms with E-state index in [-0.39, 0.29) is 23.0 Å². The highest BCUT2D eigenvalue weighted by Gasteiger charge is 2.23. The Labute approximate surface area is 143 Å². The average molecular weight is 356 g/mol. The van der Waals surface area contributed by atoms with Crippen molar-refractivity contribution in [2.24, 2.45) is 0 Å². The van der Waals surface area contributed by atoms with Gasteiger partial charge in [-0.15, -0.1) is 0 Å². The average Bonchev–Trinajstić information content (AvgIpc) is 2.59. The molecular formula is C16H24N2O5S. The van der Waals surface area contributed by atoms with Crippen LogP contribution in [0.5, 0.6) is 11.5 Å². The number of sulfone groups is 1. The van der Waals surface area contributed by atoms with Crippen LogP contribution >= 0.6 is 0 Å². The molecule has 1 aromatic carbocycles. The van der Waals surface area contributed by atoms with Gasteiger partial charge in [0, 0.05) is 38.7 Å². The lowest BCUT2D eigenvalue weighted by atomic mass is 10.3. The van der Waals surface area contributed by atoms with Gasteiger partial charge in [-0.2, -0.15) is 0 Å². The number of methoxy groups -OCH3 is 2. The van der Waals surface area contributed by atoms with Gasteiger partial charge in [0.2, 0.25) is 5.91 Å². The molecule has 8 heteroatoms. The first-order valence-electron chi connectivity index (χ1n) is 7.78. The number of nitrogens with zero attached hydrogens (tertiary/aromatic N) is 2. The maximum atomic E-state index is 12.5. The van der Waals surface area contributed by atoms with Crippen molar-refractivity contribution < 1.29 is 22.7 Å². The summed E-state index contributed by atoms with van der Waals surface area (Å²) in [5.41, 5.74) is 0. The Hall–Kier alpha value is -1.80. The van der Waals surface area contributed by atoms with Gasteiger partial charge in [-0.05, 0) is 19.2 Å².